The molecule has 1 aliphatic rings. The molecule has 0 bridgehead atoms. The Morgan fingerprint density at radius 3 is 2.86 bits per heavy atom. The smallest absolute Gasteiger partial charge is 0.336 e. The van der Waals surface area contributed by atoms with Gasteiger partial charge in [-0.25, -0.2) is 4.79 Å². The number of rotatable bonds is 6. The average molecular weight is 386 g/mol. The molecular weight excluding hydrogens is 360 g/mol. The molecule has 29 heavy (non-hydrogen) atoms. The van der Waals surface area contributed by atoms with Crippen molar-refractivity contribution in [3.8, 4) is 11.1 Å². The maximum atomic E-state index is 11.5. The minimum absolute atomic E-state index is 0.232. The van der Waals surface area contributed by atoms with Crippen molar-refractivity contribution >= 4 is 5.97 Å². The van der Waals surface area contributed by atoms with Crippen molar-refractivity contribution in [2.24, 2.45) is 0 Å². The summed E-state index contributed by atoms with van der Waals surface area (Å²) >= 11 is 0. The number of carboxylic acid groups (broad SMARTS) is 1. The van der Waals surface area contributed by atoms with Crippen LogP contribution in [0.3, 0.4) is 0 Å². The van der Waals surface area contributed by atoms with E-state index in [-0.39, 0.29) is 6.04 Å². The lowest BCUT2D eigenvalue weighted by Gasteiger charge is -2.28. The molecule has 0 saturated carbocycles. The molecule has 2 N–H and O–H groups in total. The number of carbonyl (C=O) groups is 1. The fourth-order valence-corrected chi connectivity index (χ4v) is 4.32. The first-order valence-corrected chi connectivity index (χ1v) is 10.3. The Kier molecular flexibility index (Phi) is 5.72. The van der Waals surface area contributed by atoms with Crippen LogP contribution in [0.5, 0.6) is 0 Å². The Morgan fingerprint density at radius 2 is 2.03 bits per heavy atom. The van der Waals surface area contributed by atoms with E-state index in [1.807, 2.05) is 0 Å². The number of benzene rings is 2. The summed E-state index contributed by atoms with van der Waals surface area (Å²) in [6.45, 7) is 3.14. The molecule has 2 aromatic carbocycles. The van der Waals surface area contributed by atoms with Gasteiger partial charge in [0.25, 0.3) is 0 Å². The van der Waals surface area contributed by atoms with E-state index in [1.54, 1.807) is 12.3 Å². The predicted molar refractivity (Wildman–Crippen MR) is 115 cm³/mol. The van der Waals surface area contributed by atoms with E-state index in [2.05, 4.69) is 59.7 Å². The van der Waals surface area contributed by atoms with Gasteiger partial charge in [0.2, 0.25) is 0 Å². The van der Waals surface area contributed by atoms with Crippen molar-refractivity contribution in [3.05, 3.63) is 88.7 Å². The topological polar surface area (TPSA) is 62.2 Å². The molecule has 0 saturated heterocycles. The molecule has 1 atom stereocenters. The molecule has 0 unspecified atom stereocenters. The third kappa shape index (κ3) is 4.08. The maximum absolute atomic E-state index is 11.5. The van der Waals surface area contributed by atoms with Crippen LogP contribution < -0.4 is 5.32 Å². The number of carboxylic acids is 1. The zero-order chi connectivity index (χ0) is 20.2. The van der Waals surface area contributed by atoms with Gasteiger partial charge in [-0.15, -0.1) is 0 Å². The van der Waals surface area contributed by atoms with Gasteiger partial charge >= 0.3 is 5.97 Å². The fraction of sp³-hybridized carbons (Fsp3) is 0.280. The Labute approximate surface area is 171 Å². The summed E-state index contributed by atoms with van der Waals surface area (Å²) in [7, 11) is 0. The monoisotopic (exact) mass is 386 g/mol. The zero-order valence-electron chi connectivity index (χ0n) is 16.7. The maximum Gasteiger partial charge on any atom is 0.336 e. The molecule has 3 aromatic rings. The highest BCUT2D eigenvalue weighted by Crippen LogP contribution is 2.32. The lowest BCUT2D eigenvalue weighted by molar-refractivity contribution is 0.0695. The number of nitrogens with zero attached hydrogens (tertiary/aromatic N) is 1. The van der Waals surface area contributed by atoms with Gasteiger partial charge in [-0.2, -0.15) is 0 Å². The number of aromatic nitrogens is 1. The van der Waals surface area contributed by atoms with Crippen molar-refractivity contribution in [2.45, 2.75) is 38.6 Å². The number of hydrogen-bond donors (Lipinski definition) is 2. The molecule has 148 valence electrons. The van der Waals surface area contributed by atoms with Crippen LogP contribution in [0.2, 0.25) is 0 Å². The van der Waals surface area contributed by atoms with Crippen LogP contribution in [-0.2, 0) is 19.3 Å². The Hall–Kier alpha value is -2.98. The van der Waals surface area contributed by atoms with E-state index >= 15 is 0 Å². The zero-order valence-corrected chi connectivity index (χ0v) is 16.7. The van der Waals surface area contributed by atoms with E-state index in [9.17, 15) is 9.90 Å². The van der Waals surface area contributed by atoms with Crippen LogP contribution in [0.25, 0.3) is 11.1 Å². The first-order chi connectivity index (χ1) is 14.2. The van der Waals surface area contributed by atoms with E-state index < -0.39 is 5.97 Å². The molecule has 0 spiro atoms. The van der Waals surface area contributed by atoms with Crippen LogP contribution in [0.1, 0.15) is 52.0 Å². The molecule has 0 radical (unpaired) electrons. The van der Waals surface area contributed by atoms with Gasteiger partial charge in [0.05, 0.1) is 5.56 Å². The molecule has 0 fully saturated rings. The highest BCUT2D eigenvalue weighted by atomic mass is 16.4. The van der Waals surface area contributed by atoms with Gasteiger partial charge in [0, 0.05) is 18.4 Å². The number of fused-ring (bicyclic) bond motifs is 1. The van der Waals surface area contributed by atoms with Gasteiger partial charge in [0.1, 0.15) is 0 Å². The van der Waals surface area contributed by atoms with Crippen molar-refractivity contribution in [3.63, 3.8) is 0 Å². The number of aromatic carboxylic acids is 1. The SMILES string of the molecule is CCc1ccccc1-c1ccc2c(c1)CCN[C@H]2CCc1cnccc1C(=O)O. The summed E-state index contributed by atoms with van der Waals surface area (Å²) in [5, 5.41) is 13.0. The highest BCUT2D eigenvalue weighted by molar-refractivity contribution is 5.89. The number of hydrogen-bond acceptors (Lipinski definition) is 3. The molecule has 1 aliphatic heterocycles. The Balaban J connectivity index is 1.57. The summed E-state index contributed by atoms with van der Waals surface area (Å²) in [5.41, 5.74) is 7.83. The van der Waals surface area contributed by atoms with E-state index in [0.717, 1.165) is 31.4 Å². The van der Waals surface area contributed by atoms with Crippen LogP contribution in [0.4, 0.5) is 0 Å². The standard InChI is InChI=1S/C25H26N2O2/c1-2-17-5-3-4-6-21(17)18-7-9-22-19(15-18)11-14-27-24(22)10-8-20-16-26-13-12-23(20)25(28)29/h3-7,9,12-13,15-16,24,27H,2,8,10-11,14H2,1H3,(H,28,29)/t24-/m0/s1. The minimum atomic E-state index is -0.890. The fourth-order valence-electron chi connectivity index (χ4n) is 4.32. The van der Waals surface area contributed by atoms with Gasteiger partial charge in [-0.1, -0.05) is 49.4 Å². The molecule has 0 amide bonds. The highest BCUT2D eigenvalue weighted by Gasteiger charge is 2.21. The molecule has 4 rings (SSSR count). The number of pyridine rings is 1. The second-order valence-corrected chi connectivity index (χ2v) is 7.56. The summed E-state index contributed by atoms with van der Waals surface area (Å²) in [6.07, 6.45) is 6.79. The molecule has 1 aromatic heterocycles. The quantitative estimate of drug-likeness (QED) is 0.637. The molecule has 2 heterocycles. The lowest BCUT2D eigenvalue weighted by atomic mass is 9.87. The van der Waals surface area contributed by atoms with Gasteiger partial charge < -0.3 is 10.4 Å². The summed E-state index contributed by atoms with van der Waals surface area (Å²) < 4.78 is 0. The van der Waals surface area contributed by atoms with Crippen molar-refractivity contribution in [1.82, 2.24) is 10.3 Å². The first kappa shape index (κ1) is 19.3. The second-order valence-electron chi connectivity index (χ2n) is 7.56. The van der Waals surface area contributed by atoms with Crippen LogP contribution in [-0.4, -0.2) is 22.6 Å². The van der Waals surface area contributed by atoms with Crippen LogP contribution in [0.15, 0.2) is 60.9 Å². The third-order valence-electron chi connectivity index (χ3n) is 5.85. The Morgan fingerprint density at radius 1 is 1.17 bits per heavy atom. The van der Waals surface area contributed by atoms with Gasteiger partial charge in [-0.05, 0) is 71.7 Å². The number of aryl methyl sites for hydroxylation is 2. The van der Waals surface area contributed by atoms with Gasteiger partial charge in [0.15, 0.2) is 0 Å². The summed E-state index contributed by atoms with van der Waals surface area (Å²) in [5.74, 6) is -0.890. The van der Waals surface area contributed by atoms with Crippen LogP contribution >= 0.6 is 0 Å². The molecule has 4 heteroatoms. The Bertz CT molecular complexity index is 1030. The van der Waals surface area contributed by atoms with E-state index in [0.29, 0.717) is 12.0 Å². The molecule has 4 nitrogen and oxygen atoms in total. The largest absolute Gasteiger partial charge is 0.478 e. The van der Waals surface area contributed by atoms with E-state index in [4.69, 9.17) is 0 Å². The van der Waals surface area contributed by atoms with E-state index in [1.165, 1.54) is 34.0 Å². The normalized spacial score (nSPS) is 15.7. The minimum Gasteiger partial charge on any atom is -0.478 e. The summed E-state index contributed by atoms with van der Waals surface area (Å²) in [6, 6.07) is 17.2. The lowest BCUT2D eigenvalue weighted by Crippen LogP contribution is -2.30. The van der Waals surface area contributed by atoms with Crippen molar-refractivity contribution < 1.29 is 9.90 Å². The first-order valence-electron chi connectivity index (χ1n) is 10.3. The second kappa shape index (κ2) is 8.58. The van der Waals surface area contributed by atoms with Crippen molar-refractivity contribution in [2.75, 3.05) is 6.54 Å². The molecular formula is C25H26N2O2. The van der Waals surface area contributed by atoms with Crippen molar-refractivity contribution in [1.29, 1.82) is 0 Å². The van der Waals surface area contributed by atoms with Gasteiger partial charge in [-0.3, -0.25) is 4.98 Å². The molecule has 0 aliphatic carbocycles. The summed E-state index contributed by atoms with van der Waals surface area (Å²) in [4.78, 5) is 15.6. The average Bonchev–Trinajstić information content (AvgIpc) is 2.77. The number of nitrogens with one attached hydrogen (secondary N) is 1. The third-order valence-corrected chi connectivity index (χ3v) is 5.85. The predicted octanol–water partition coefficient (Wildman–Crippen LogP) is 4.83. The van der Waals surface area contributed by atoms with Crippen LogP contribution in [0, 0.1) is 0 Å².